The van der Waals surface area contributed by atoms with Crippen LogP contribution in [0.5, 0.6) is 0 Å². The molecule has 0 aliphatic heterocycles. The molecular formula is C20H17N7. The average Bonchev–Trinajstić information content (AvgIpc) is 3.34. The minimum absolute atomic E-state index is 0.0128. The lowest BCUT2D eigenvalue weighted by atomic mass is 10.0. The van der Waals surface area contributed by atoms with Crippen LogP contribution >= 0.6 is 0 Å². The molecule has 2 N–H and O–H groups in total. The molecule has 0 aliphatic carbocycles. The second kappa shape index (κ2) is 5.91. The fourth-order valence-electron chi connectivity index (χ4n) is 3.46. The second-order valence-corrected chi connectivity index (χ2v) is 6.44. The Morgan fingerprint density at radius 1 is 1.00 bits per heavy atom. The zero-order valence-electron chi connectivity index (χ0n) is 14.7. The lowest BCUT2D eigenvalue weighted by Gasteiger charge is -2.19. The van der Waals surface area contributed by atoms with Crippen LogP contribution in [0.3, 0.4) is 0 Å². The van der Waals surface area contributed by atoms with E-state index in [9.17, 15) is 0 Å². The van der Waals surface area contributed by atoms with Gasteiger partial charge < -0.3 is 10.3 Å². The normalized spacial score (nSPS) is 12.6. The Morgan fingerprint density at radius 3 is 2.70 bits per heavy atom. The lowest BCUT2D eigenvalue weighted by molar-refractivity contribution is 0.653. The van der Waals surface area contributed by atoms with Crippen molar-refractivity contribution in [2.24, 2.45) is 0 Å². The van der Waals surface area contributed by atoms with Gasteiger partial charge in [-0.25, -0.2) is 19.5 Å². The molecule has 1 aromatic carbocycles. The molecule has 0 saturated carbocycles. The molecule has 0 spiro atoms. The van der Waals surface area contributed by atoms with Crippen LogP contribution in [0, 0.1) is 0 Å². The van der Waals surface area contributed by atoms with E-state index in [1.54, 1.807) is 10.7 Å². The van der Waals surface area contributed by atoms with Crippen LogP contribution < -0.4 is 5.73 Å². The number of benzene rings is 1. The van der Waals surface area contributed by atoms with Gasteiger partial charge in [0.2, 0.25) is 0 Å². The van der Waals surface area contributed by atoms with E-state index < -0.39 is 0 Å². The first-order valence-corrected chi connectivity index (χ1v) is 8.69. The zero-order chi connectivity index (χ0) is 18.4. The third kappa shape index (κ3) is 2.43. The number of anilines is 1. The molecule has 7 nitrogen and oxygen atoms in total. The molecular weight excluding hydrogens is 338 g/mol. The number of hydrogen-bond donors (Lipinski definition) is 1. The maximum atomic E-state index is 6.00. The predicted octanol–water partition coefficient (Wildman–Crippen LogP) is 3.33. The van der Waals surface area contributed by atoms with Crippen LogP contribution in [0.1, 0.15) is 18.5 Å². The Balaban J connectivity index is 1.74. The molecule has 27 heavy (non-hydrogen) atoms. The first-order chi connectivity index (χ1) is 13.2. The summed E-state index contributed by atoms with van der Waals surface area (Å²) in [6.07, 6.45) is 7.10. The van der Waals surface area contributed by atoms with Crippen molar-refractivity contribution in [1.29, 1.82) is 0 Å². The number of imidazole rings is 1. The Kier molecular flexibility index (Phi) is 3.39. The molecule has 5 aromatic rings. The van der Waals surface area contributed by atoms with E-state index in [-0.39, 0.29) is 6.04 Å². The van der Waals surface area contributed by atoms with Gasteiger partial charge >= 0.3 is 0 Å². The fourth-order valence-corrected chi connectivity index (χ4v) is 3.46. The Hall–Kier alpha value is -3.74. The number of aromatic nitrogens is 6. The number of hydrogen-bond acceptors (Lipinski definition) is 5. The summed E-state index contributed by atoms with van der Waals surface area (Å²) in [6, 6.07) is 14.2. The van der Waals surface area contributed by atoms with Crippen molar-refractivity contribution in [2.45, 2.75) is 13.0 Å². The second-order valence-electron chi connectivity index (χ2n) is 6.44. The average molecular weight is 355 g/mol. The number of nitrogens with zero attached hydrogens (tertiary/aromatic N) is 6. The van der Waals surface area contributed by atoms with Gasteiger partial charge in [-0.2, -0.15) is 5.10 Å². The summed E-state index contributed by atoms with van der Waals surface area (Å²) in [5.41, 5.74) is 10.6. The molecule has 7 heteroatoms. The Bertz CT molecular complexity index is 1250. The summed E-state index contributed by atoms with van der Waals surface area (Å²) in [4.78, 5) is 12.9. The van der Waals surface area contributed by atoms with Crippen LogP contribution in [-0.4, -0.2) is 29.1 Å². The quantitative estimate of drug-likeness (QED) is 0.536. The van der Waals surface area contributed by atoms with Crippen LogP contribution in [-0.2, 0) is 0 Å². The highest BCUT2D eigenvalue weighted by Gasteiger charge is 2.19. The maximum Gasteiger partial charge on any atom is 0.153 e. The predicted molar refractivity (Wildman–Crippen MR) is 104 cm³/mol. The van der Waals surface area contributed by atoms with E-state index in [0.717, 1.165) is 33.5 Å². The van der Waals surface area contributed by atoms with Gasteiger partial charge in [-0.15, -0.1) is 0 Å². The van der Waals surface area contributed by atoms with Gasteiger partial charge in [0.15, 0.2) is 5.65 Å². The van der Waals surface area contributed by atoms with Crippen LogP contribution in [0.2, 0.25) is 0 Å². The third-order valence-electron chi connectivity index (χ3n) is 4.87. The van der Waals surface area contributed by atoms with E-state index in [1.165, 1.54) is 6.33 Å². The number of rotatable bonds is 3. The molecule has 0 radical (unpaired) electrons. The summed E-state index contributed by atoms with van der Waals surface area (Å²) in [5, 5.41) is 5.67. The summed E-state index contributed by atoms with van der Waals surface area (Å²) >= 11 is 0. The zero-order valence-corrected chi connectivity index (χ0v) is 14.7. The minimum atomic E-state index is -0.0128. The summed E-state index contributed by atoms with van der Waals surface area (Å²) in [5.74, 6) is 0.482. The Labute approximate surface area is 155 Å². The Morgan fingerprint density at radius 2 is 1.85 bits per heavy atom. The first-order valence-electron chi connectivity index (χ1n) is 8.69. The van der Waals surface area contributed by atoms with Gasteiger partial charge in [-0.3, -0.25) is 0 Å². The molecule has 0 amide bonds. The maximum absolute atomic E-state index is 6.00. The number of nitrogen functional groups attached to an aromatic ring is 1. The monoisotopic (exact) mass is 355 g/mol. The van der Waals surface area contributed by atoms with E-state index in [4.69, 9.17) is 10.8 Å². The first kappa shape index (κ1) is 15.5. The van der Waals surface area contributed by atoms with Crippen LogP contribution in [0.15, 0.2) is 67.4 Å². The van der Waals surface area contributed by atoms with Crippen LogP contribution in [0.4, 0.5) is 5.82 Å². The van der Waals surface area contributed by atoms with Gasteiger partial charge in [0, 0.05) is 29.7 Å². The lowest BCUT2D eigenvalue weighted by Crippen LogP contribution is -2.10. The van der Waals surface area contributed by atoms with E-state index >= 15 is 0 Å². The number of nitrogens with two attached hydrogens (primary N) is 1. The van der Waals surface area contributed by atoms with Crippen molar-refractivity contribution in [2.75, 3.05) is 5.73 Å². The van der Waals surface area contributed by atoms with E-state index in [0.29, 0.717) is 5.82 Å². The molecule has 0 aliphatic rings. The molecule has 132 valence electrons. The SMILES string of the molecule is CC(c1cc2nccn2nc1-c1ccccc1)n1ccc2c(N)ncnc21. The van der Waals surface area contributed by atoms with Crippen LogP contribution in [0.25, 0.3) is 27.9 Å². The van der Waals surface area contributed by atoms with Crippen molar-refractivity contribution >= 4 is 22.5 Å². The fraction of sp³-hybridized carbons (Fsp3) is 0.100. The van der Waals surface area contributed by atoms with Crippen molar-refractivity contribution in [3.63, 3.8) is 0 Å². The summed E-state index contributed by atoms with van der Waals surface area (Å²) in [6.45, 7) is 2.13. The number of fused-ring (bicyclic) bond motifs is 2. The molecule has 1 unspecified atom stereocenters. The molecule has 0 fully saturated rings. The highest BCUT2D eigenvalue weighted by molar-refractivity contribution is 5.86. The van der Waals surface area contributed by atoms with Crippen molar-refractivity contribution in [1.82, 2.24) is 29.1 Å². The molecule has 4 aromatic heterocycles. The van der Waals surface area contributed by atoms with Gasteiger partial charge in [-0.1, -0.05) is 30.3 Å². The van der Waals surface area contributed by atoms with Gasteiger partial charge in [-0.05, 0) is 19.1 Å². The van der Waals surface area contributed by atoms with E-state index in [2.05, 4.69) is 44.6 Å². The smallest absolute Gasteiger partial charge is 0.153 e. The topological polar surface area (TPSA) is 86.9 Å². The van der Waals surface area contributed by atoms with Crippen molar-refractivity contribution < 1.29 is 0 Å². The molecule has 0 bridgehead atoms. The molecule has 4 heterocycles. The molecule has 5 rings (SSSR count). The van der Waals surface area contributed by atoms with Gasteiger partial charge in [0.05, 0.1) is 17.1 Å². The van der Waals surface area contributed by atoms with Gasteiger partial charge in [0.1, 0.15) is 17.8 Å². The summed E-state index contributed by atoms with van der Waals surface area (Å²) < 4.78 is 3.89. The molecule has 0 saturated heterocycles. The third-order valence-corrected chi connectivity index (χ3v) is 4.87. The largest absolute Gasteiger partial charge is 0.383 e. The van der Waals surface area contributed by atoms with Crippen molar-refractivity contribution in [3.8, 4) is 11.3 Å². The minimum Gasteiger partial charge on any atom is -0.383 e. The summed E-state index contributed by atoms with van der Waals surface area (Å²) in [7, 11) is 0. The van der Waals surface area contributed by atoms with Gasteiger partial charge in [0.25, 0.3) is 0 Å². The highest BCUT2D eigenvalue weighted by atomic mass is 15.2. The van der Waals surface area contributed by atoms with E-state index in [1.807, 2.05) is 36.7 Å². The standard InChI is InChI=1S/C20H17N7/c1-13(26-9-7-15-19(21)23-12-24-20(15)26)16-11-17-22-8-10-27(17)25-18(16)14-5-3-2-4-6-14/h2-13H,1H3,(H2,21,23,24). The highest BCUT2D eigenvalue weighted by Crippen LogP contribution is 2.32. The van der Waals surface area contributed by atoms with Crippen molar-refractivity contribution in [3.05, 3.63) is 72.9 Å². The molecule has 1 atom stereocenters.